The molecule has 2 aromatic carbocycles. The number of rotatable bonds is 5. The lowest BCUT2D eigenvalue weighted by molar-refractivity contribution is -0.114. The number of carbonyl (C=O) groups excluding carboxylic acids is 1. The molecular formula is C17H18N2O3S. The smallest absolute Gasteiger partial charge is 0.255 e. The monoisotopic (exact) mass is 330 g/mol. The Bertz CT molecular complexity index is 828. The minimum absolute atomic E-state index is 0.269. The van der Waals surface area contributed by atoms with Crippen LogP contribution < -0.4 is 10.0 Å². The molecule has 2 aromatic rings. The summed E-state index contributed by atoms with van der Waals surface area (Å²) in [5.74, 6) is -0.269. The van der Waals surface area contributed by atoms with Gasteiger partial charge in [0, 0.05) is 6.92 Å². The fraction of sp³-hybridized carbons (Fsp3) is 0.118. The van der Waals surface area contributed by atoms with Crippen LogP contribution in [0.3, 0.4) is 0 Å². The van der Waals surface area contributed by atoms with Gasteiger partial charge in [0.25, 0.3) is 10.0 Å². The van der Waals surface area contributed by atoms with Crippen LogP contribution in [0.5, 0.6) is 0 Å². The zero-order chi connectivity index (χ0) is 16.9. The van der Waals surface area contributed by atoms with Crippen LogP contribution >= 0.6 is 0 Å². The molecule has 0 atom stereocenters. The molecule has 120 valence electrons. The second-order valence-electron chi connectivity index (χ2n) is 5.09. The van der Waals surface area contributed by atoms with E-state index in [9.17, 15) is 13.2 Å². The van der Waals surface area contributed by atoms with Gasteiger partial charge in [0.2, 0.25) is 5.91 Å². The number of anilines is 2. The van der Waals surface area contributed by atoms with E-state index in [0.717, 1.165) is 16.5 Å². The van der Waals surface area contributed by atoms with Crippen molar-refractivity contribution >= 4 is 33.4 Å². The summed E-state index contributed by atoms with van der Waals surface area (Å²) >= 11 is 0. The van der Waals surface area contributed by atoms with Gasteiger partial charge >= 0.3 is 0 Å². The highest BCUT2D eigenvalue weighted by Crippen LogP contribution is 2.24. The van der Waals surface area contributed by atoms with Crippen molar-refractivity contribution in [2.45, 2.75) is 13.8 Å². The van der Waals surface area contributed by atoms with Crippen LogP contribution in [0.4, 0.5) is 11.4 Å². The van der Waals surface area contributed by atoms with Gasteiger partial charge in [-0.05, 0) is 36.3 Å². The molecule has 0 saturated carbocycles. The average Bonchev–Trinajstić information content (AvgIpc) is 2.48. The van der Waals surface area contributed by atoms with Crippen molar-refractivity contribution in [1.82, 2.24) is 0 Å². The molecule has 0 saturated heterocycles. The van der Waals surface area contributed by atoms with Gasteiger partial charge in [-0.25, -0.2) is 8.42 Å². The summed E-state index contributed by atoms with van der Waals surface area (Å²) in [5, 5.41) is 3.71. The summed E-state index contributed by atoms with van der Waals surface area (Å²) in [6.45, 7) is 3.21. The number of nitrogens with one attached hydrogen (secondary N) is 2. The Balaban J connectivity index is 2.25. The predicted octanol–water partition coefficient (Wildman–Crippen LogP) is 3.37. The quantitative estimate of drug-likeness (QED) is 0.882. The van der Waals surface area contributed by atoms with E-state index in [4.69, 9.17) is 0 Å². The molecule has 0 bridgehead atoms. The molecule has 0 aliphatic carbocycles. The number of hydrogen-bond acceptors (Lipinski definition) is 3. The molecule has 0 radical (unpaired) electrons. The highest BCUT2D eigenvalue weighted by Gasteiger charge is 2.11. The van der Waals surface area contributed by atoms with E-state index in [2.05, 4.69) is 10.0 Å². The van der Waals surface area contributed by atoms with Gasteiger partial charge in [-0.15, -0.1) is 0 Å². The minimum Gasteiger partial charge on any atom is -0.325 e. The fourth-order valence-electron chi connectivity index (χ4n) is 1.96. The zero-order valence-corrected chi connectivity index (χ0v) is 13.7. The third-order valence-corrected chi connectivity index (χ3v) is 3.98. The highest BCUT2D eigenvalue weighted by molar-refractivity contribution is 7.95. The van der Waals surface area contributed by atoms with E-state index in [1.807, 2.05) is 25.1 Å². The van der Waals surface area contributed by atoms with Gasteiger partial charge in [-0.2, -0.15) is 0 Å². The lowest BCUT2D eigenvalue weighted by atomic mass is 10.2. The van der Waals surface area contributed by atoms with Crippen LogP contribution in [-0.4, -0.2) is 14.3 Å². The molecule has 0 fully saturated rings. The number of aryl methyl sites for hydroxylation is 1. The third kappa shape index (κ3) is 5.27. The summed E-state index contributed by atoms with van der Waals surface area (Å²) in [6.07, 6.45) is 1.51. The highest BCUT2D eigenvalue weighted by atomic mass is 32.2. The van der Waals surface area contributed by atoms with E-state index in [1.54, 1.807) is 30.3 Å². The molecule has 0 aliphatic heterocycles. The molecule has 0 spiro atoms. The minimum atomic E-state index is -3.69. The summed E-state index contributed by atoms with van der Waals surface area (Å²) in [5.41, 5.74) is 2.41. The van der Waals surface area contributed by atoms with Crippen molar-refractivity contribution in [3.8, 4) is 0 Å². The molecule has 0 heterocycles. The van der Waals surface area contributed by atoms with E-state index >= 15 is 0 Å². The van der Waals surface area contributed by atoms with Crippen LogP contribution in [-0.2, 0) is 14.8 Å². The maximum atomic E-state index is 12.2. The van der Waals surface area contributed by atoms with Gasteiger partial charge in [-0.1, -0.05) is 36.4 Å². The maximum Gasteiger partial charge on any atom is 0.255 e. The van der Waals surface area contributed by atoms with Crippen LogP contribution in [0.25, 0.3) is 6.08 Å². The van der Waals surface area contributed by atoms with Crippen molar-refractivity contribution in [1.29, 1.82) is 0 Å². The lowest BCUT2D eigenvalue weighted by Crippen LogP contribution is -2.13. The van der Waals surface area contributed by atoms with Gasteiger partial charge in [0.05, 0.1) is 16.8 Å². The first kappa shape index (κ1) is 16.8. The van der Waals surface area contributed by atoms with Crippen molar-refractivity contribution in [3.63, 3.8) is 0 Å². The predicted molar refractivity (Wildman–Crippen MR) is 93.5 cm³/mol. The first-order chi connectivity index (χ1) is 10.9. The van der Waals surface area contributed by atoms with Gasteiger partial charge in [-0.3, -0.25) is 9.52 Å². The van der Waals surface area contributed by atoms with Crippen molar-refractivity contribution in [2.75, 3.05) is 10.0 Å². The standard InChI is InChI=1S/C17H18N2O3S/c1-13-8-9-16(18-14(2)20)17(12-13)19-23(21,22)11-10-15-6-4-3-5-7-15/h3-12,19H,1-2H3,(H,18,20)/b11-10+. The van der Waals surface area contributed by atoms with Crippen LogP contribution in [0.15, 0.2) is 53.9 Å². The molecule has 2 rings (SSSR count). The van der Waals surface area contributed by atoms with Crippen molar-refractivity contribution in [3.05, 3.63) is 65.1 Å². The largest absolute Gasteiger partial charge is 0.325 e. The molecule has 6 heteroatoms. The van der Waals surface area contributed by atoms with Crippen molar-refractivity contribution in [2.24, 2.45) is 0 Å². The zero-order valence-electron chi connectivity index (χ0n) is 12.9. The number of sulfonamides is 1. The fourth-order valence-corrected chi connectivity index (χ4v) is 2.84. The number of benzene rings is 2. The molecule has 0 aliphatic rings. The summed E-state index contributed by atoms with van der Waals surface area (Å²) in [4.78, 5) is 11.2. The van der Waals surface area contributed by atoms with Gasteiger partial charge in [0.1, 0.15) is 0 Å². The van der Waals surface area contributed by atoms with Crippen molar-refractivity contribution < 1.29 is 13.2 Å². The number of hydrogen-bond donors (Lipinski definition) is 2. The Hall–Kier alpha value is -2.60. The Kier molecular flexibility index (Phi) is 5.18. The number of amides is 1. The summed E-state index contributed by atoms with van der Waals surface area (Å²) in [7, 11) is -3.69. The average molecular weight is 330 g/mol. The molecule has 5 nitrogen and oxygen atoms in total. The maximum absolute atomic E-state index is 12.2. The topological polar surface area (TPSA) is 75.3 Å². The second kappa shape index (κ2) is 7.11. The Labute approximate surface area is 136 Å². The van der Waals surface area contributed by atoms with E-state index < -0.39 is 10.0 Å². The normalized spacial score (nSPS) is 11.4. The molecule has 0 aromatic heterocycles. The summed E-state index contributed by atoms with van der Waals surface area (Å²) < 4.78 is 26.9. The Morgan fingerprint density at radius 3 is 2.39 bits per heavy atom. The summed E-state index contributed by atoms with van der Waals surface area (Å²) in [6, 6.07) is 14.3. The second-order valence-corrected chi connectivity index (χ2v) is 6.66. The molecule has 0 unspecified atom stereocenters. The lowest BCUT2D eigenvalue weighted by Gasteiger charge is -2.12. The van der Waals surface area contributed by atoms with Crippen LogP contribution in [0.2, 0.25) is 0 Å². The van der Waals surface area contributed by atoms with E-state index in [0.29, 0.717) is 11.4 Å². The Morgan fingerprint density at radius 2 is 1.74 bits per heavy atom. The van der Waals surface area contributed by atoms with Crippen LogP contribution in [0.1, 0.15) is 18.1 Å². The molecule has 23 heavy (non-hydrogen) atoms. The van der Waals surface area contributed by atoms with Gasteiger partial charge < -0.3 is 5.32 Å². The SMILES string of the molecule is CC(=O)Nc1ccc(C)cc1NS(=O)(=O)/C=C/c1ccccc1. The number of carbonyl (C=O) groups is 1. The molecule has 2 N–H and O–H groups in total. The molecule has 1 amide bonds. The van der Waals surface area contributed by atoms with E-state index in [1.165, 1.54) is 13.0 Å². The van der Waals surface area contributed by atoms with E-state index in [-0.39, 0.29) is 5.91 Å². The third-order valence-electron chi connectivity index (χ3n) is 2.98. The first-order valence-corrected chi connectivity index (χ1v) is 8.54. The Morgan fingerprint density at radius 1 is 1.04 bits per heavy atom. The van der Waals surface area contributed by atoms with Crippen LogP contribution in [0, 0.1) is 6.92 Å². The first-order valence-electron chi connectivity index (χ1n) is 7.00. The molecular weight excluding hydrogens is 312 g/mol. The van der Waals surface area contributed by atoms with Gasteiger partial charge in [0.15, 0.2) is 0 Å².